The summed E-state index contributed by atoms with van der Waals surface area (Å²) in [6.07, 6.45) is 5.92. The Morgan fingerprint density at radius 2 is 0.843 bits per heavy atom. The predicted octanol–water partition coefficient (Wildman–Crippen LogP) is 19.8. The fourth-order valence-electron chi connectivity index (χ4n) is 13.3. The van der Waals surface area contributed by atoms with Crippen LogP contribution in [0.5, 0.6) is 17.2 Å². The Balaban J connectivity index is 0.000000217. The van der Waals surface area contributed by atoms with Crippen molar-refractivity contribution < 1.29 is 102 Å². The molecule has 2 atom stereocenters. The zero-order valence-corrected chi connectivity index (χ0v) is 75.4. The quantitative estimate of drug-likeness (QED) is 0.0285. The molecule has 7 heterocycles. The summed E-state index contributed by atoms with van der Waals surface area (Å²) in [5, 5.41) is 12.4. The van der Waals surface area contributed by atoms with E-state index in [4.69, 9.17) is 82.9 Å². The van der Waals surface area contributed by atoms with Crippen molar-refractivity contribution in [1.29, 1.82) is 0 Å². The molecule has 0 bridgehead atoms. The fourth-order valence-corrected chi connectivity index (χ4v) is 15.5. The van der Waals surface area contributed by atoms with E-state index in [1.807, 2.05) is 154 Å². The Bertz CT molecular complexity index is 5770. The second-order valence-electron chi connectivity index (χ2n) is 32.5. The minimum atomic E-state index is -1.06. The number of carbonyl (C=O) groups excluding carboxylic acids is 2. The molecule has 0 saturated carbocycles. The summed E-state index contributed by atoms with van der Waals surface area (Å²) >= 11 is 5.83. The summed E-state index contributed by atoms with van der Waals surface area (Å²) in [5.41, 5.74) is 17.2. The maximum absolute atomic E-state index is 14.0. The fraction of sp³-hybridized carbons (Fsp3) is 0.381. The number of halogens is 4. The van der Waals surface area contributed by atoms with Gasteiger partial charge in [0.15, 0.2) is 0 Å². The SMILES string of the molecule is C.C.CC(C)(C)[S@](=O)CCc1cc(Cl)ccn1.CCOC(=O)Cc1cc(F)ccc1OCc1cc(-c2ccnc(CC[S@@](=O)C(C)(C)C)c2)c2oc(COC)cc2c1.CCOC(=O)Cc1cc(F)ccc1OCc1cc(B2OC(C)(C)C(C)(C)O2)c2oc(COC)cc2c1.COCc1cc2cc(COc3ccc(F)cc3CC(=O)O)cc(-c3ccnc(CN)c3)c2o1. The number of carboxylic acids is 1. The molecule has 6 aromatic heterocycles. The van der Waals surface area contributed by atoms with Crippen molar-refractivity contribution in [2.45, 2.75) is 197 Å². The third-order valence-corrected chi connectivity index (χ3v) is 24.3. The highest BCUT2D eigenvalue weighted by Gasteiger charge is 2.52. The number of carboxylic acid groups (broad SMARTS) is 1. The number of pyridine rings is 3. The van der Waals surface area contributed by atoms with Gasteiger partial charge >= 0.3 is 25.0 Å². The van der Waals surface area contributed by atoms with Crippen LogP contribution in [0.25, 0.3) is 55.2 Å². The molecule has 30 heteroatoms. The minimum Gasteiger partial charge on any atom is -0.489 e. The van der Waals surface area contributed by atoms with Crippen LogP contribution in [0.2, 0.25) is 5.02 Å². The number of aryl methyl sites for hydroxylation is 2. The molecule has 680 valence electrons. The summed E-state index contributed by atoms with van der Waals surface area (Å²) in [6, 6.07) is 40.8. The molecule has 0 spiro atoms. The molecule has 1 saturated heterocycles. The molecule has 127 heavy (non-hydrogen) atoms. The number of ether oxygens (including phenoxy) is 8. The first-order valence-corrected chi connectivity index (χ1v) is 43.7. The summed E-state index contributed by atoms with van der Waals surface area (Å²) in [6.45, 7) is 25.6. The number of esters is 2. The Morgan fingerprint density at radius 3 is 1.22 bits per heavy atom. The van der Waals surface area contributed by atoms with Gasteiger partial charge in [-0.25, -0.2) is 13.2 Å². The number of aromatic nitrogens is 3. The Hall–Kier alpha value is -10.6. The molecule has 13 rings (SSSR count). The highest BCUT2D eigenvalue weighted by Crippen LogP contribution is 2.40. The van der Waals surface area contributed by atoms with E-state index in [1.165, 1.54) is 54.6 Å². The predicted molar refractivity (Wildman–Crippen MR) is 491 cm³/mol. The lowest BCUT2D eigenvalue weighted by molar-refractivity contribution is -0.143. The van der Waals surface area contributed by atoms with E-state index in [9.17, 15) is 36.0 Å². The molecular formula is C97H115BClF3N4O19S2. The van der Waals surface area contributed by atoms with Gasteiger partial charge in [0, 0.05) is 168 Å². The summed E-state index contributed by atoms with van der Waals surface area (Å²) in [5.74, 6) is 0.975. The number of furan rings is 3. The highest BCUT2D eigenvalue weighted by molar-refractivity contribution is 7.86. The molecule has 3 N–H and O–H groups in total. The molecule has 12 aromatic rings. The van der Waals surface area contributed by atoms with Gasteiger partial charge in [0.1, 0.15) is 108 Å². The third kappa shape index (κ3) is 28.7. The van der Waals surface area contributed by atoms with Gasteiger partial charge < -0.3 is 71.3 Å². The van der Waals surface area contributed by atoms with Crippen molar-refractivity contribution in [2.24, 2.45) is 5.73 Å². The van der Waals surface area contributed by atoms with Gasteiger partial charge in [-0.15, -0.1) is 0 Å². The second kappa shape index (κ2) is 46.4. The van der Waals surface area contributed by atoms with Crippen molar-refractivity contribution >= 4 is 96.6 Å². The maximum atomic E-state index is 14.0. The van der Waals surface area contributed by atoms with E-state index in [2.05, 4.69) is 15.0 Å². The summed E-state index contributed by atoms with van der Waals surface area (Å²) in [4.78, 5) is 48.2. The van der Waals surface area contributed by atoms with Gasteiger partial charge in [0.2, 0.25) is 0 Å². The van der Waals surface area contributed by atoms with Crippen molar-refractivity contribution in [3.63, 3.8) is 0 Å². The smallest absolute Gasteiger partial charge is 0.489 e. The van der Waals surface area contributed by atoms with Gasteiger partial charge in [-0.2, -0.15) is 0 Å². The Kier molecular flexibility index (Phi) is 37.2. The molecule has 1 aliphatic rings. The molecule has 23 nitrogen and oxygen atoms in total. The van der Waals surface area contributed by atoms with Crippen molar-refractivity contribution in [1.82, 2.24) is 15.0 Å². The van der Waals surface area contributed by atoms with E-state index < -0.39 is 75.3 Å². The van der Waals surface area contributed by atoms with Crippen LogP contribution in [0.4, 0.5) is 13.2 Å². The number of hydrogen-bond acceptors (Lipinski definition) is 22. The van der Waals surface area contributed by atoms with E-state index in [0.717, 1.165) is 77.6 Å². The van der Waals surface area contributed by atoms with Crippen LogP contribution >= 0.6 is 11.6 Å². The van der Waals surface area contributed by atoms with Crippen LogP contribution in [0, 0.1) is 17.5 Å². The van der Waals surface area contributed by atoms with Crippen molar-refractivity contribution in [3.8, 4) is 39.5 Å². The number of nitrogens with two attached hydrogens (primary N) is 1. The number of fused-ring (bicyclic) bond motifs is 3. The lowest BCUT2D eigenvalue weighted by Crippen LogP contribution is -2.41. The van der Waals surface area contributed by atoms with Gasteiger partial charge in [0.05, 0.1) is 49.4 Å². The molecule has 0 aliphatic carbocycles. The first-order valence-electron chi connectivity index (χ1n) is 40.7. The number of hydrogen-bond donors (Lipinski definition) is 2. The molecule has 0 radical (unpaired) electrons. The molecule has 1 fully saturated rings. The highest BCUT2D eigenvalue weighted by atomic mass is 35.5. The average molecular weight is 1810 g/mol. The molecule has 6 aromatic carbocycles. The normalized spacial score (nSPS) is 13.2. The zero-order valence-electron chi connectivity index (χ0n) is 73.0. The maximum Gasteiger partial charge on any atom is 0.498 e. The number of carbonyl (C=O) groups is 3. The van der Waals surface area contributed by atoms with E-state index >= 15 is 0 Å². The number of rotatable bonds is 33. The van der Waals surface area contributed by atoms with Crippen LogP contribution in [-0.4, -0.2) is 120 Å². The number of methoxy groups -OCH3 is 3. The van der Waals surface area contributed by atoms with Gasteiger partial charge in [0.25, 0.3) is 0 Å². The summed E-state index contributed by atoms with van der Waals surface area (Å²) < 4.78 is 140. The monoisotopic (exact) mass is 1810 g/mol. The minimum absolute atomic E-state index is 0. The topological polar surface area (TPSA) is 302 Å². The van der Waals surface area contributed by atoms with Crippen LogP contribution in [0.15, 0.2) is 177 Å². The molecule has 0 unspecified atom stereocenters. The summed E-state index contributed by atoms with van der Waals surface area (Å²) in [7, 11) is 2.37. The van der Waals surface area contributed by atoms with E-state index in [-0.39, 0.29) is 82.2 Å². The van der Waals surface area contributed by atoms with E-state index in [0.29, 0.717) is 118 Å². The van der Waals surface area contributed by atoms with E-state index in [1.54, 1.807) is 59.8 Å². The van der Waals surface area contributed by atoms with Gasteiger partial charge in [-0.3, -0.25) is 37.8 Å². The number of benzene rings is 6. The Labute approximate surface area is 751 Å². The van der Waals surface area contributed by atoms with Gasteiger partial charge in [-0.05, 0) is 250 Å². The number of nitrogens with zero attached hydrogens (tertiary/aromatic N) is 3. The third-order valence-electron chi connectivity index (χ3n) is 20.1. The van der Waals surface area contributed by atoms with Crippen LogP contribution in [0.3, 0.4) is 0 Å². The lowest BCUT2D eigenvalue weighted by atomic mass is 9.77. The zero-order chi connectivity index (χ0) is 90.5. The van der Waals surface area contributed by atoms with Crippen LogP contribution in [-0.2, 0) is 147 Å². The van der Waals surface area contributed by atoms with Crippen molar-refractivity contribution in [3.05, 3.63) is 254 Å². The standard InChI is InChI=1S/C32H36FNO6S.C27H32BFO7.C25H23FN2O5.C11H16ClNOS.2CH4/c1-6-38-30(35)18-23-15-25(33)7-8-29(23)39-19-21-13-24-17-27(20-37-5)40-31(24)28(14-21)22-9-11-34-26(16-22)10-12-41(36)32(2,3)4;1-7-32-24(30)14-18-12-20(29)8-9-23(18)33-15-17-10-19-13-21(16-31-6)34-25(19)22(11-17)28-35-26(2,3)27(4,5)36-28;1-31-14-21-10-18-6-15(13-32-23-3-2-19(26)8-17(23)11-24(29)30)7-22(25(18)33-21)16-4-5-28-20(9-16)12-27;1-11(2,3)15(14)7-5-10-8-9(12)4-6-13-10;;/h7-9,11,13-17H,6,10,12,18-20H2,1-5H3;8-13H,7,14-16H2,1-6H3;2-10H,11-14,27H2,1H3,(H,29,30);4,6,8H,5,7H2,1-3H3;2*1H4/t41-;;;15-;;/m1..1../s1. The largest absolute Gasteiger partial charge is 0.498 e. The molecular weight excluding hydrogens is 1690 g/mol. The van der Waals surface area contributed by atoms with Gasteiger partial charge in [-0.1, -0.05) is 32.5 Å². The van der Waals surface area contributed by atoms with Crippen molar-refractivity contribution in [2.75, 3.05) is 46.0 Å². The number of aliphatic carboxylic acids is 1. The lowest BCUT2D eigenvalue weighted by Gasteiger charge is -2.32. The Morgan fingerprint density at radius 1 is 0.480 bits per heavy atom. The molecule has 0 amide bonds. The molecule has 1 aliphatic heterocycles. The first kappa shape index (κ1) is 102. The first-order chi connectivity index (χ1) is 59.4. The second-order valence-corrected chi connectivity index (χ2v) is 37.6. The van der Waals surface area contributed by atoms with Crippen LogP contribution in [0.1, 0.15) is 166 Å². The average Bonchev–Trinajstić information content (AvgIpc) is 1.61. The van der Waals surface area contributed by atoms with Crippen LogP contribution < -0.4 is 25.4 Å².